The number of nitrogens with zero attached hydrogens (tertiary/aromatic N) is 3. The fourth-order valence-electron chi connectivity index (χ4n) is 2.71. The minimum absolute atomic E-state index is 0.0104. The third kappa shape index (κ3) is 5.03. The molecule has 0 bridgehead atoms. The van der Waals surface area contributed by atoms with Crippen molar-refractivity contribution in [3.05, 3.63) is 11.6 Å². The van der Waals surface area contributed by atoms with E-state index in [0.29, 0.717) is 24.3 Å². The standard InChI is InChI=1S/C14H24N4O2S/c1-3-12-9-17(5-6-18(12)8-11(2)19)10-13(20)16-14-15-4-7-21-14/h4,7,11-12,19H,3,5-6,8-10H2,1-2H3,(H,15,16,20)/t11-,12+/m0/s1. The van der Waals surface area contributed by atoms with Crippen LogP contribution in [0.2, 0.25) is 0 Å². The highest BCUT2D eigenvalue weighted by molar-refractivity contribution is 7.13. The minimum atomic E-state index is -0.307. The van der Waals surface area contributed by atoms with Gasteiger partial charge in [-0.25, -0.2) is 4.98 Å². The van der Waals surface area contributed by atoms with Crippen molar-refractivity contribution < 1.29 is 9.90 Å². The third-order valence-electron chi connectivity index (χ3n) is 3.70. The van der Waals surface area contributed by atoms with Crippen LogP contribution in [-0.4, -0.2) is 70.7 Å². The summed E-state index contributed by atoms with van der Waals surface area (Å²) in [5.41, 5.74) is 0. The van der Waals surface area contributed by atoms with Crippen molar-refractivity contribution in [2.24, 2.45) is 0 Å². The van der Waals surface area contributed by atoms with E-state index in [2.05, 4.69) is 27.0 Å². The Morgan fingerprint density at radius 1 is 1.62 bits per heavy atom. The van der Waals surface area contributed by atoms with Gasteiger partial charge in [-0.15, -0.1) is 11.3 Å². The Hall–Kier alpha value is -1.02. The molecule has 0 unspecified atom stereocenters. The van der Waals surface area contributed by atoms with Crippen LogP contribution in [0.25, 0.3) is 0 Å². The Bertz CT molecular complexity index is 438. The number of carbonyl (C=O) groups is 1. The van der Waals surface area contributed by atoms with Crippen molar-refractivity contribution in [1.29, 1.82) is 0 Å². The molecule has 1 aromatic heterocycles. The monoisotopic (exact) mass is 312 g/mol. The molecule has 0 aromatic carbocycles. The van der Waals surface area contributed by atoms with Crippen LogP contribution in [0, 0.1) is 0 Å². The highest BCUT2D eigenvalue weighted by Crippen LogP contribution is 2.14. The van der Waals surface area contributed by atoms with Gasteiger partial charge in [0.15, 0.2) is 5.13 Å². The Kier molecular flexibility index (Phi) is 6.10. The first-order valence-electron chi connectivity index (χ1n) is 7.42. The number of hydrogen-bond donors (Lipinski definition) is 2. The molecular weight excluding hydrogens is 288 g/mol. The van der Waals surface area contributed by atoms with Crippen LogP contribution < -0.4 is 5.32 Å². The molecule has 1 fully saturated rings. The molecule has 1 aliphatic heterocycles. The molecule has 0 saturated carbocycles. The summed E-state index contributed by atoms with van der Waals surface area (Å²) in [6, 6.07) is 0.404. The van der Waals surface area contributed by atoms with Crippen molar-refractivity contribution in [3.63, 3.8) is 0 Å². The Labute approximate surface area is 129 Å². The van der Waals surface area contributed by atoms with Gasteiger partial charge in [0.25, 0.3) is 0 Å². The van der Waals surface area contributed by atoms with E-state index in [-0.39, 0.29) is 12.0 Å². The number of β-amino-alcohol motifs (C(OH)–C–C–N with tert-alkyl or cyclic N) is 1. The van der Waals surface area contributed by atoms with Crippen molar-refractivity contribution in [3.8, 4) is 0 Å². The number of aliphatic hydroxyl groups excluding tert-OH is 1. The molecule has 118 valence electrons. The molecule has 2 N–H and O–H groups in total. The van der Waals surface area contributed by atoms with E-state index in [1.54, 1.807) is 6.20 Å². The van der Waals surface area contributed by atoms with E-state index < -0.39 is 0 Å². The number of rotatable bonds is 6. The van der Waals surface area contributed by atoms with Gasteiger partial charge < -0.3 is 10.4 Å². The highest BCUT2D eigenvalue weighted by atomic mass is 32.1. The van der Waals surface area contributed by atoms with Crippen LogP contribution >= 0.6 is 11.3 Å². The Morgan fingerprint density at radius 3 is 3.05 bits per heavy atom. The lowest BCUT2D eigenvalue weighted by molar-refractivity contribution is -0.118. The molecule has 0 radical (unpaired) electrons. The van der Waals surface area contributed by atoms with Crippen LogP contribution in [-0.2, 0) is 4.79 Å². The van der Waals surface area contributed by atoms with Gasteiger partial charge in [-0.3, -0.25) is 14.6 Å². The van der Waals surface area contributed by atoms with Gasteiger partial charge in [0.05, 0.1) is 12.6 Å². The molecule has 2 heterocycles. The maximum absolute atomic E-state index is 12.0. The smallest absolute Gasteiger partial charge is 0.240 e. The summed E-state index contributed by atoms with van der Waals surface area (Å²) in [5.74, 6) is -0.0104. The maximum Gasteiger partial charge on any atom is 0.240 e. The molecule has 2 atom stereocenters. The van der Waals surface area contributed by atoms with Gasteiger partial charge in [-0.2, -0.15) is 0 Å². The maximum atomic E-state index is 12.0. The normalized spacial score (nSPS) is 22.1. The number of piperazine rings is 1. The van der Waals surface area contributed by atoms with Crippen molar-refractivity contribution in [2.75, 3.05) is 38.0 Å². The number of nitrogens with one attached hydrogen (secondary N) is 1. The lowest BCUT2D eigenvalue weighted by Gasteiger charge is -2.41. The number of anilines is 1. The first kappa shape index (κ1) is 16.4. The number of hydrogen-bond acceptors (Lipinski definition) is 6. The predicted octanol–water partition coefficient (Wildman–Crippen LogP) is 0.859. The summed E-state index contributed by atoms with van der Waals surface area (Å²) in [7, 11) is 0. The van der Waals surface area contributed by atoms with Gasteiger partial charge in [0.1, 0.15) is 0 Å². The number of carbonyl (C=O) groups excluding carboxylic acids is 1. The van der Waals surface area contributed by atoms with E-state index in [9.17, 15) is 9.90 Å². The van der Waals surface area contributed by atoms with E-state index in [0.717, 1.165) is 26.1 Å². The van der Waals surface area contributed by atoms with E-state index in [1.165, 1.54) is 11.3 Å². The average Bonchev–Trinajstić information content (AvgIpc) is 2.92. The fourth-order valence-corrected chi connectivity index (χ4v) is 3.26. The zero-order valence-electron chi connectivity index (χ0n) is 12.7. The SMILES string of the molecule is CC[C@@H]1CN(CC(=O)Nc2nccs2)CCN1C[C@H](C)O. The van der Waals surface area contributed by atoms with E-state index >= 15 is 0 Å². The number of amides is 1. The van der Waals surface area contributed by atoms with E-state index in [4.69, 9.17) is 0 Å². The zero-order chi connectivity index (χ0) is 15.2. The quantitative estimate of drug-likeness (QED) is 0.815. The van der Waals surface area contributed by atoms with Crippen LogP contribution in [0.1, 0.15) is 20.3 Å². The summed E-state index contributed by atoms with van der Waals surface area (Å²) < 4.78 is 0. The van der Waals surface area contributed by atoms with Gasteiger partial charge in [0, 0.05) is 43.8 Å². The van der Waals surface area contributed by atoms with Crippen LogP contribution in [0.4, 0.5) is 5.13 Å². The lowest BCUT2D eigenvalue weighted by Crippen LogP contribution is -2.55. The molecule has 6 nitrogen and oxygen atoms in total. The molecule has 1 aliphatic rings. The van der Waals surface area contributed by atoms with Gasteiger partial charge in [0.2, 0.25) is 5.91 Å². The first-order valence-corrected chi connectivity index (χ1v) is 8.30. The topological polar surface area (TPSA) is 68.7 Å². The number of aromatic nitrogens is 1. The molecule has 0 spiro atoms. The van der Waals surface area contributed by atoms with Crippen molar-refractivity contribution in [1.82, 2.24) is 14.8 Å². The average molecular weight is 312 g/mol. The van der Waals surface area contributed by atoms with E-state index in [1.807, 2.05) is 12.3 Å². The summed E-state index contributed by atoms with van der Waals surface area (Å²) in [5, 5.41) is 14.9. The molecule has 7 heteroatoms. The Morgan fingerprint density at radius 2 is 2.43 bits per heavy atom. The molecular formula is C14H24N4O2S. The van der Waals surface area contributed by atoms with Gasteiger partial charge in [-0.05, 0) is 13.3 Å². The molecule has 21 heavy (non-hydrogen) atoms. The van der Waals surface area contributed by atoms with Crippen LogP contribution in [0.3, 0.4) is 0 Å². The first-order chi connectivity index (χ1) is 10.1. The Balaban J connectivity index is 1.81. The minimum Gasteiger partial charge on any atom is -0.392 e. The zero-order valence-corrected chi connectivity index (χ0v) is 13.5. The lowest BCUT2D eigenvalue weighted by atomic mass is 10.1. The molecule has 0 aliphatic carbocycles. The van der Waals surface area contributed by atoms with Crippen LogP contribution in [0.5, 0.6) is 0 Å². The van der Waals surface area contributed by atoms with Gasteiger partial charge >= 0.3 is 0 Å². The van der Waals surface area contributed by atoms with Crippen molar-refractivity contribution >= 4 is 22.4 Å². The largest absolute Gasteiger partial charge is 0.392 e. The molecule has 1 aromatic rings. The highest BCUT2D eigenvalue weighted by Gasteiger charge is 2.27. The van der Waals surface area contributed by atoms with Crippen LogP contribution in [0.15, 0.2) is 11.6 Å². The molecule has 1 saturated heterocycles. The predicted molar refractivity (Wildman–Crippen MR) is 84.5 cm³/mol. The second-order valence-corrected chi connectivity index (χ2v) is 6.42. The summed E-state index contributed by atoms with van der Waals surface area (Å²) in [6.45, 7) is 7.70. The second-order valence-electron chi connectivity index (χ2n) is 5.53. The summed E-state index contributed by atoms with van der Waals surface area (Å²) >= 11 is 1.43. The van der Waals surface area contributed by atoms with Gasteiger partial charge in [-0.1, -0.05) is 6.92 Å². The summed E-state index contributed by atoms with van der Waals surface area (Å²) in [6.07, 6.45) is 2.40. The fraction of sp³-hybridized carbons (Fsp3) is 0.714. The molecule has 2 rings (SSSR count). The summed E-state index contributed by atoms with van der Waals surface area (Å²) in [4.78, 5) is 20.5. The third-order valence-corrected chi connectivity index (χ3v) is 4.39. The number of aliphatic hydroxyl groups is 1. The second kappa shape index (κ2) is 7.84. The molecule has 1 amide bonds. The van der Waals surface area contributed by atoms with Crippen molar-refractivity contribution in [2.45, 2.75) is 32.4 Å². The number of thiazole rings is 1.